The van der Waals surface area contributed by atoms with E-state index in [4.69, 9.17) is 4.74 Å². The molecular formula is C31H36F6O3. The van der Waals surface area contributed by atoms with Crippen molar-refractivity contribution in [2.24, 2.45) is 23.7 Å². The Balaban J connectivity index is 1.41. The number of hydrogen-bond acceptors (Lipinski definition) is 3. The summed E-state index contributed by atoms with van der Waals surface area (Å²) < 4.78 is 92.6. The van der Waals surface area contributed by atoms with Crippen molar-refractivity contribution in [2.75, 3.05) is 7.11 Å². The van der Waals surface area contributed by atoms with Crippen molar-refractivity contribution in [3.63, 3.8) is 0 Å². The van der Waals surface area contributed by atoms with Crippen LogP contribution in [0.2, 0.25) is 0 Å². The predicted molar refractivity (Wildman–Crippen MR) is 140 cm³/mol. The summed E-state index contributed by atoms with van der Waals surface area (Å²) in [7, 11) is 0.888. The lowest BCUT2D eigenvalue weighted by molar-refractivity contribution is -0.162. The Morgan fingerprint density at radius 1 is 0.775 bits per heavy atom. The Morgan fingerprint density at radius 2 is 1.32 bits per heavy atom. The normalized spacial score (nSPS) is 24.0. The molecule has 0 aromatic heterocycles. The lowest BCUT2D eigenvalue weighted by Gasteiger charge is -2.37. The average Bonchev–Trinajstić information content (AvgIpc) is 2.92. The number of carbonyl (C=O) groups excluding carboxylic acids is 1. The van der Waals surface area contributed by atoms with Crippen LogP contribution >= 0.6 is 0 Å². The quantitative estimate of drug-likeness (QED) is 0.189. The standard InChI is InChI=1S/C31H36F6O3/c1-3-4-19-5-7-20(8-6-19)21-9-11-23(12-10-21)29(38)40-24-15-13-22(14-16-24)25-17-18-26(39-2)28(31(35,36)37)27(25)30(32,33)34/h13-21,23H,3-12H2,1-2H3. The van der Waals surface area contributed by atoms with Gasteiger partial charge >= 0.3 is 18.3 Å². The third-order valence-corrected chi connectivity index (χ3v) is 8.70. The zero-order chi connectivity index (χ0) is 29.1. The summed E-state index contributed by atoms with van der Waals surface area (Å²) >= 11 is 0. The second-order valence-corrected chi connectivity index (χ2v) is 11.2. The van der Waals surface area contributed by atoms with Gasteiger partial charge in [-0.15, -0.1) is 0 Å². The SMILES string of the molecule is CCCC1CCC(C2CCC(C(=O)Oc3ccc(-c4ccc(OC)c(C(F)(F)F)c4C(F)(F)F)cc3)CC2)CC1. The Morgan fingerprint density at radius 3 is 1.82 bits per heavy atom. The smallest absolute Gasteiger partial charge is 0.420 e. The van der Waals surface area contributed by atoms with Gasteiger partial charge in [-0.1, -0.05) is 50.8 Å². The van der Waals surface area contributed by atoms with Crippen LogP contribution in [0.1, 0.15) is 82.3 Å². The molecule has 2 aliphatic carbocycles. The van der Waals surface area contributed by atoms with Crippen molar-refractivity contribution in [1.29, 1.82) is 0 Å². The highest BCUT2D eigenvalue weighted by Gasteiger charge is 2.47. The van der Waals surface area contributed by atoms with Crippen LogP contribution in [-0.4, -0.2) is 13.1 Å². The first kappa shape index (κ1) is 30.3. The summed E-state index contributed by atoms with van der Waals surface area (Å²) in [5.41, 5.74) is -4.42. The molecule has 220 valence electrons. The van der Waals surface area contributed by atoms with E-state index >= 15 is 0 Å². The van der Waals surface area contributed by atoms with Gasteiger partial charge in [0.15, 0.2) is 0 Å². The number of benzene rings is 2. The second kappa shape index (κ2) is 12.4. The van der Waals surface area contributed by atoms with E-state index < -0.39 is 34.8 Å². The molecule has 2 saturated carbocycles. The third kappa shape index (κ3) is 6.95. The van der Waals surface area contributed by atoms with E-state index in [0.717, 1.165) is 56.8 Å². The maximum atomic E-state index is 13.9. The fourth-order valence-electron chi connectivity index (χ4n) is 6.65. The number of carbonyl (C=O) groups is 1. The minimum absolute atomic E-state index is 0.0885. The van der Waals surface area contributed by atoms with Gasteiger partial charge in [0.1, 0.15) is 17.1 Å². The van der Waals surface area contributed by atoms with Crippen molar-refractivity contribution < 1.29 is 40.6 Å². The fourth-order valence-corrected chi connectivity index (χ4v) is 6.65. The van der Waals surface area contributed by atoms with Gasteiger partial charge in [-0.25, -0.2) is 0 Å². The summed E-state index contributed by atoms with van der Waals surface area (Å²) in [4.78, 5) is 12.8. The molecule has 0 aliphatic heterocycles. The van der Waals surface area contributed by atoms with Crippen LogP contribution in [0, 0.1) is 23.7 Å². The van der Waals surface area contributed by atoms with E-state index in [9.17, 15) is 31.1 Å². The molecule has 0 atom stereocenters. The van der Waals surface area contributed by atoms with Gasteiger partial charge in [-0.2, -0.15) is 26.3 Å². The van der Waals surface area contributed by atoms with E-state index in [1.807, 2.05) is 0 Å². The van der Waals surface area contributed by atoms with E-state index in [1.165, 1.54) is 62.8 Å². The number of rotatable bonds is 7. The second-order valence-electron chi connectivity index (χ2n) is 11.2. The zero-order valence-corrected chi connectivity index (χ0v) is 22.8. The maximum absolute atomic E-state index is 13.9. The van der Waals surface area contributed by atoms with E-state index in [1.54, 1.807) is 0 Å². The molecule has 2 aromatic rings. The molecule has 0 saturated heterocycles. The predicted octanol–water partition coefficient (Wildman–Crippen LogP) is 9.72. The van der Waals surface area contributed by atoms with Gasteiger partial charge in [0, 0.05) is 0 Å². The Hall–Kier alpha value is -2.71. The molecule has 0 bridgehead atoms. The largest absolute Gasteiger partial charge is 0.496 e. The lowest BCUT2D eigenvalue weighted by Crippen LogP contribution is -2.30. The van der Waals surface area contributed by atoms with Crippen molar-refractivity contribution in [2.45, 2.75) is 83.5 Å². The van der Waals surface area contributed by atoms with Crippen molar-refractivity contribution in [3.8, 4) is 22.6 Å². The lowest BCUT2D eigenvalue weighted by atomic mass is 9.69. The molecule has 2 aromatic carbocycles. The maximum Gasteiger partial charge on any atom is 0.420 e. The van der Waals surface area contributed by atoms with Crippen LogP contribution in [0.5, 0.6) is 11.5 Å². The van der Waals surface area contributed by atoms with Crippen molar-refractivity contribution in [1.82, 2.24) is 0 Å². The highest BCUT2D eigenvalue weighted by Crippen LogP contribution is 2.49. The number of ether oxygens (including phenoxy) is 2. The molecule has 0 unspecified atom stereocenters. The van der Waals surface area contributed by atoms with Gasteiger partial charge < -0.3 is 9.47 Å². The van der Waals surface area contributed by atoms with Crippen LogP contribution in [0.15, 0.2) is 36.4 Å². The first-order valence-electron chi connectivity index (χ1n) is 14.1. The first-order chi connectivity index (χ1) is 18.9. The molecule has 0 amide bonds. The molecule has 2 aliphatic rings. The molecule has 0 heterocycles. The fraction of sp³-hybridized carbons (Fsp3) is 0.581. The summed E-state index contributed by atoms with van der Waals surface area (Å²) in [6.07, 6.45) is 0.589. The summed E-state index contributed by atoms with van der Waals surface area (Å²) in [5, 5.41) is 0. The zero-order valence-electron chi connectivity index (χ0n) is 22.8. The Labute approximate surface area is 231 Å². The molecular weight excluding hydrogens is 534 g/mol. The first-order valence-corrected chi connectivity index (χ1v) is 14.1. The molecule has 3 nitrogen and oxygen atoms in total. The van der Waals surface area contributed by atoms with Crippen LogP contribution < -0.4 is 9.47 Å². The molecule has 40 heavy (non-hydrogen) atoms. The van der Waals surface area contributed by atoms with Gasteiger partial charge in [-0.05, 0) is 85.6 Å². The van der Waals surface area contributed by atoms with Crippen LogP contribution in [0.4, 0.5) is 26.3 Å². The number of esters is 1. The van der Waals surface area contributed by atoms with E-state index in [0.29, 0.717) is 5.92 Å². The highest BCUT2D eigenvalue weighted by molar-refractivity contribution is 5.76. The summed E-state index contributed by atoms with van der Waals surface area (Å²) in [5.74, 6) is 0.847. The number of alkyl halides is 6. The monoisotopic (exact) mass is 570 g/mol. The van der Waals surface area contributed by atoms with Crippen molar-refractivity contribution >= 4 is 5.97 Å². The number of methoxy groups -OCH3 is 1. The average molecular weight is 571 g/mol. The van der Waals surface area contributed by atoms with Crippen LogP contribution in [0.25, 0.3) is 11.1 Å². The minimum atomic E-state index is -5.28. The Kier molecular flexibility index (Phi) is 9.40. The van der Waals surface area contributed by atoms with Crippen LogP contribution in [-0.2, 0) is 17.1 Å². The molecule has 0 N–H and O–H groups in total. The summed E-state index contributed by atoms with van der Waals surface area (Å²) in [6.45, 7) is 2.23. The van der Waals surface area contributed by atoms with E-state index in [-0.39, 0.29) is 23.2 Å². The number of hydrogen-bond donors (Lipinski definition) is 0. The minimum Gasteiger partial charge on any atom is -0.496 e. The molecule has 2 fully saturated rings. The third-order valence-electron chi connectivity index (χ3n) is 8.70. The molecule has 0 spiro atoms. The molecule has 9 heteroatoms. The molecule has 0 radical (unpaired) electrons. The topological polar surface area (TPSA) is 35.5 Å². The Bertz CT molecular complexity index is 1140. The molecule has 4 rings (SSSR count). The highest BCUT2D eigenvalue weighted by atomic mass is 19.4. The van der Waals surface area contributed by atoms with Crippen LogP contribution in [0.3, 0.4) is 0 Å². The summed E-state index contributed by atoms with van der Waals surface area (Å²) in [6, 6.07) is 6.90. The number of halogens is 6. The van der Waals surface area contributed by atoms with Crippen molar-refractivity contribution in [3.05, 3.63) is 47.5 Å². The van der Waals surface area contributed by atoms with Gasteiger partial charge in [0.2, 0.25) is 0 Å². The van der Waals surface area contributed by atoms with E-state index in [2.05, 4.69) is 11.7 Å². The van der Waals surface area contributed by atoms with Gasteiger partial charge in [0.25, 0.3) is 0 Å². The van der Waals surface area contributed by atoms with Gasteiger partial charge in [0.05, 0.1) is 18.6 Å². The van der Waals surface area contributed by atoms with Gasteiger partial charge in [-0.3, -0.25) is 4.79 Å².